The number of nitrogens with two attached hydrogens (primary N) is 1. The number of rotatable bonds is 6. The summed E-state index contributed by atoms with van der Waals surface area (Å²) in [5.41, 5.74) is 5.83. The fourth-order valence-corrected chi connectivity index (χ4v) is 1.37. The summed E-state index contributed by atoms with van der Waals surface area (Å²) in [5, 5.41) is 8.91. The van der Waals surface area contributed by atoms with Gasteiger partial charge in [-0.25, -0.2) is 4.79 Å². The highest BCUT2D eigenvalue weighted by Crippen LogP contribution is 2.21. The lowest BCUT2D eigenvalue weighted by Crippen LogP contribution is -2.14. The van der Waals surface area contributed by atoms with Crippen molar-refractivity contribution in [1.82, 2.24) is 0 Å². The Hall–Kier alpha value is -1.75. The number of nitrogen functional groups attached to an aromatic ring is 1. The van der Waals surface area contributed by atoms with Crippen LogP contribution in [0.5, 0.6) is 5.75 Å². The summed E-state index contributed by atoms with van der Waals surface area (Å²) >= 11 is 0. The molecule has 5 heteroatoms. The highest BCUT2D eigenvalue weighted by atomic mass is 16.5. The number of benzene rings is 1. The van der Waals surface area contributed by atoms with Gasteiger partial charge in [-0.1, -0.05) is 0 Å². The fraction of sp³-hybridized carbons (Fsp3) is 0.417. The van der Waals surface area contributed by atoms with E-state index in [0.29, 0.717) is 12.4 Å². The molecule has 1 aromatic carbocycles. The van der Waals surface area contributed by atoms with Gasteiger partial charge in [-0.2, -0.15) is 0 Å². The number of aromatic carboxylic acids is 1. The Morgan fingerprint density at radius 3 is 2.82 bits per heavy atom. The van der Waals surface area contributed by atoms with Crippen LogP contribution < -0.4 is 10.5 Å². The van der Waals surface area contributed by atoms with Crippen LogP contribution in [0.2, 0.25) is 0 Å². The predicted molar refractivity (Wildman–Crippen MR) is 64.4 cm³/mol. The minimum absolute atomic E-state index is 0.0415. The summed E-state index contributed by atoms with van der Waals surface area (Å²) in [6, 6.07) is 4.62. The first-order valence-corrected chi connectivity index (χ1v) is 5.33. The molecule has 1 rings (SSSR count). The minimum atomic E-state index is -1.06. The van der Waals surface area contributed by atoms with Gasteiger partial charge < -0.3 is 20.3 Å². The van der Waals surface area contributed by atoms with Crippen LogP contribution in [0.1, 0.15) is 23.7 Å². The standard InChI is InChI=1S/C12H17NO4/c1-8(5-6-16-2)17-9-3-4-11(13)10(7-9)12(14)15/h3-4,7-8H,5-6,13H2,1-2H3,(H,14,15). The smallest absolute Gasteiger partial charge is 0.337 e. The number of methoxy groups -OCH3 is 1. The zero-order valence-electron chi connectivity index (χ0n) is 9.97. The summed E-state index contributed by atoms with van der Waals surface area (Å²) in [7, 11) is 1.62. The topological polar surface area (TPSA) is 81.8 Å². The van der Waals surface area contributed by atoms with E-state index in [4.69, 9.17) is 20.3 Å². The fourth-order valence-electron chi connectivity index (χ4n) is 1.37. The van der Waals surface area contributed by atoms with Gasteiger partial charge in [0.1, 0.15) is 5.75 Å². The van der Waals surface area contributed by atoms with Crippen molar-refractivity contribution >= 4 is 11.7 Å². The normalized spacial score (nSPS) is 12.1. The molecular weight excluding hydrogens is 222 g/mol. The molecule has 0 fully saturated rings. The van der Waals surface area contributed by atoms with Crippen molar-refractivity contribution in [3.8, 4) is 5.75 Å². The van der Waals surface area contributed by atoms with Crippen LogP contribution >= 0.6 is 0 Å². The lowest BCUT2D eigenvalue weighted by atomic mass is 10.1. The molecule has 0 aromatic heterocycles. The molecule has 0 aliphatic rings. The Bertz CT molecular complexity index is 392. The minimum Gasteiger partial charge on any atom is -0.491 e. The average Bonchev–Trinajstić information content (AvgIpc) is 2.28. The lowest BCUT2D eigenvalue weighted by molar-refractivity contribution is 0.0697. The van der Waals surface area contributed by atoms with Crippen LogP contribution in [-0.2, 0) is 4.74 Å². The molecule has 0 bridgehead atoms. The zero-order chi connectivity index (χ0) is 12.8. The second kappa shape index (κ2) is 6.10. The number of carboxylic acid groups (broad SMARTS) is 1. The Labute approximate surface area is 100 Å². The molecule has 5 nitrogen and oxygen atoms in total. The van der Waals surface area contributed by atoms with E-state index < -0.39 is 5.97 Å². The Morgan fingerprint density at radius 1 is 1.53 bits per heavy atom. The number of ether oxygens (including phenoxy) is 2. The maximum absolute atomic E-state index is 10.9. The molecule has 17 heavy (non-hydrogen) atoms. The zero-order valence-corrected chi connectivity index (χ0v) is 9.97. The Morgan fingerprint density at radius 2 is 2.24 bits per heavy atom. The summed E-state index contributed by atoms with van der Waals surface area (Å²) in [6.07, 6.45) is 0.698. The van der Waals surface area contributed by atoms with Gasteiger partial charge in [0, 0.05) is 25.8 Å². The van der Waals surface area contributed by atoms with Crippen LogP contribution in [0.3, 0.4) is 0 Å². The van der Waals surface area contributed by atoms with Crippen molar-refractivity contribution in [2.24, 2.45) is 0 Å². The highest BCUT2D eigenvalue weighted by Gasteiger charge is 2.11. The third-order valence-corrected chi connectivity index (χ3v) is 2.32. The van der Waals surface area contributed by atoms with Crippen LogP contribution in [0.15, 0.2) is 18.2 Å². The van der Waals surface area contributed by atoms with Crippen molar-refractivity contribution < 1.29 is 19.4 Å². The molecule has 1 aromatic rings. The van der Waals surface area contributed by atoms with E-state index in [2.05, 4.69) is 0 Å². The van der Waals surface area contributed by atoms with E-state index in [0.717, 1.165) is 6.42 Å². The van der Waals surface area contributed by atoms with Crippen LogP contribution in [0.4, 0.5) is 5.69 Å². The van der Waals surface area contributed by atoms with Gasteiger partial charge in [0.05, 0.1) is 11.7 Å². The Kier molecular flexibility index (Phi) is 4.78. The quantitative estimate of drug-likeness (QED) is 0.739. The monoisotopic (exact) mass is 239 g/mol. The molecule has 0 amide bonds. The first-order chi connectivity index (χ1) is 8.04. The molecule has 1 unspecified atom stereocenters. The van der Waals surface area contributed by atoms with Gasteiger partial charge in [0.15, 0.2) is 0 Å². The van der Waals surface area contributed by atoms with Crippen molar-refractivity contribution in [3.05, 3.63) is 23.8 Å². The number of hydrogen-bond acceptors (Lipinski definition) is 4. The summed E-state index contributed by atoms with van der Waals surface area (Å²) < 4.78 is 10.5. The summed E-state index contributed by atoms with van der Waals surface area (Å²) in [5.74, 6) is -0.558. The van der Waals surface area contributed by atoms with Gasteiger partial charge in [-0.3, -0.25) is 0 Å². The van der Waals surface area contributed by atoms with Crippen LogP contribution in [0, 0.1) is 0 Å². The molecule has 0 spiro atoms. The van der Waals surface area contributed by atoms with Crippen molar-refractivity contribution in [2.45, 2.75) is 19.4 Å². The number of hydrogen-bond donors (Lipinski definition) is 2. The van der Waals surface area contributed by atoms with Gasteiger partial charge in [0.25, 0.3) is 0 Å². The first-order valence-electron chi connectivity index (χ1n) is 5.33. The number of anilines is 1. The first kappa shape index (κ1) is 13.3. The predicted octanol–water partition coefficient (Wildman–Crippen LogP) is 1.77. The molecular formula is C12H17NO4. The maximum Gasteiger partial charge on any atom is 0.337 e. The molecule has 94 valence electrons. The second-order valence-electron chi connectivity index (χ2n) is 3.76. The maximum atomic E-state index is 10.9. The SMILES string of the molecule is COCCC(C)Oc1ccc(N)c(C(=O)O)c1. The van der Waals surface area contributed by atoms with E-state index in [9.17, 15) is 4.79 Å². The molecule has 0 saturated carbocycles. The average molecular weight is 239 g/mol. The molecule has 1 atom stereocenters. The molecule has 3 N–H and O–H groups in total. The molecule has 0 saturated heterocycles. The van der Waals surface area contributed by atoms with Crippen molar-refractivity contribution in [1.29, 1.82) is 0 Å². The lowest BCUT2D eigenvalue weighted by Gasteiger charge is -2.15. The summed E-state index contributed by atoms with van der Waals surface area (Å²) in [4.78, 5) is 10.9. The van der Waals surface area contributed by atoms with Gasteiger partial charge >= 0.3 is 5.97 Å². The van der Waals surface area contributed by atoms with Gasteiger partial charge in [0.2, 0.25) is 0 Å². The molecule has 0 aliphatic carbocycles. The third kappa shape index (κ3) is 3.96. The Balaban J connectivity index is 2.72. The number of carbonyl (C=O) groups is 1. The van der Waals surface area contributed by atoms with Crippen LogP contribution in [0.25, 0.3) is 0 Å². The van der Waals surface area contributed by atoms with Crippen molar-refractivity contribution in [3.63, 3.8) is 0 Å². The third-order valence-electron chi connectivity index (χ3n) is 2.32. The van der Waals surface area contributed by atoms with E-state index in [-0.39, 0.29) is 17.4 Å². The van der Waals surface area contributed by atoms with Crippen molar-refractivity contribution in [2.75, 3.05) is 19.5 Å². The van der Waals surface area contributed by atoms with E-state index in [1.165, 1.54) is 12.1 Å². The van der Waals surface area contributed by atoms with Gasteiger partial charge in [-0.15, -0.1) is 0 Å². The molecule has 0 heterocycles. The van der Waals surface area contributed by atoms with Crippen LogP contribution in [-0.4, -0.2) is 30.9 Å². The second-order valence-corrected chi connectivity index (χ2v) is 3.76. The molecule has 0 radical (unpaired) electrons. The van der Waals surface area contributed by atoms with Gasteiger partial charge in [-0.05, 0) is 25.1 Å². The highest BCUT2D eigenvalue weighted by molar-refractivity contribution is 5.94. The van der Waals surface area contributed by atoms with E-state index in [1.807, 2.05) is 6.92 Å². The van der Waals surface area contributed by atoms with E-state index >= 15 is 0 Å². The number of carboxylic acids is 1. The molecule has 0 aliphatic heterocycles. The largest absolute Gasteiger partial charge is 0.491 e. The van der Waals surface area contributed by atoms with E-state index in [1.54, 1.807) is 13.2 Å². The summed E-state index contributed by atoms with van der Waals surface area (Å²) in [6.45, 7) is 2.50.